The number of carbonyl (C=O) groups is 1. The number of phenolic OH excluding ortho intramolecular Hbond substituents is 1. The standard InChI is InChI=1S/C11H11BrO3/c1-5-3-8(12)10(13)9-7(5)4-6(2)15-11(9)14/h3,6,13H,4H2,1-2H3/t6-/m1/s1. The van der Waals surface area contributed by atoms with Crippen molar-refractivity contribution in [3.63, 3.8) is 0 Å². The molecule has 80 valence electrons. The van der Waals surface area contributed by atoms with Crippen LogP contribution in [0.15, 0.2) is 10.5 Å². The highest BCUT2D eigenvalue weighted by Crippen LogP contribution is 2.36. The molecule has 3 nitrogen and oxygen atoms in total. The Morgan fingerprint density at radius 3 is 2.93 bits per heavy atom. The average molecular weight is 271 g/mol. The van der Waals surface area contributed by atoms with Gasteiger partial charge in [-0.15, -0.1) is 0 Å². The highest BCUT2D eigenvalue weighted by molar-refractivity contribution is 9.10. The third-order valence-electron chi connectivity index (χ3n) is 2.59. The summed E-state index contributed by atoms with van der Waals surface area (Å²) >= 11 is 3.21. The number of hydrogen-bond donors (Lipinski definition) is 1. The summed E-state index contributed by atoms with van der Waals surface area (Å²) in [5.74, 6) is -0.460. The van der Waals surface area contributed by atoms with Gasteiger partial charge in [0.05, 0.1) is 4.47 Å². The lowest BCUT2D eigenvalue weighted by atomic mass is 9.94. The van der Waals surface area contributed by atoms with E-state index >= 15 is 0 Å². The van der Waals surface area contributed by atoms with Crippen LogP contribution in [0.1, 0.15) is 28.4 Å². The molecule has 0 fully saturated rings. The van der Waals surface area contributed by atoms with Crippen molar-refractivity contribution >= 4 is 21.9 Å². The van der Waals surface area contributed by atoms with E-state index in [1.54, 1.807) is 0 Å². The van der Waals surface area contributed by atoms with E-state index in [1.807, 2.05) is 19.9 Å². The molecular formula is C11H11BrO3. The molecule has 1 atom stereocenters. The Kier molecular flexibility index (Phi) is 2.46. The smallest absolute Gasteiger partial charge is 0.342 e. The van der Waals surface area contributed by atoms with E-state index in [1.165, 1.54) is 0 Å². The highest BCUT2D eigenvalue weighted by Gasteiger charge is 2.29. The third-order valence-corrected chi connectivity index (χ3v) is 3.19. The van der Waals surface area contributed by atoms with Gasteiger partial charge in [-0.05, 0) is 47.0 Å². The fraction of sp³-hybridized carbons (Fsp3) is 0.364. The van der Waals surface area contributed by atoms with Gasteiger partial charge in [0.25, 0.3) is 0 Å². The molecule has 0 aliphatic carbocycles. The summed E-state index contributed by atoms with van der Waals surface area (Å²) < 4.78 is 5.62. The van der Waals surface area contributed by atoms with E-state index in [0.717, 1.165) is 11.1 Å². The number of carbonyl (C=O) groups excluding carboxylic acids is 1. The van der Waals surface area contributed by atoms with Crippen molar-refractivity contribution in [2.24, 2.45) is 0 Å². The molecule has 1 N–H and O–H groups in total. The van der Waals surface area contributed by atoms with Gasteiger partial charge in [0.1, 0.15) is 17.4 Å². The molecule has 1 aliphatic rings. The van der Waals surface area contributed by atoms with Crippen LogP contribution in [0.3, 0.4) is 0 Å². The summed E-state index contributed by atoms with van der Waals surface area (Å²) in [6.07, 6.45) is 0.539. The Labute approximate surface area is 96.2 Å². The van der Waals surface area contributed by atoms with Gasteiger partial charge in [0, 0.05) is 6.42 Å². The van der Waals surface area contributed by atoms with E-state index in [9.17, 15) is 9.90 Å². The number of phenols is 1. The quantitative estimate of drug-likeness (QED) is 0.738. The fourth-order valence-corrected chi connectivity index (χ4v) is 2.40. The monoisotopic (exact) mass is 270 g/mol. The van der Waals surface area contributed by atoms with Gasteiger partial charge in [-0.1, -0.05) is 0 Å². The summed E-state index contributed by atoms with van der Waals surface area (Å²) in [5.41, 5.74) is 2.19. The predicted molar refractivity (Wildman–Crippen MR) is 59.1 cm³/mol. The van der Waals surface area contributed by atoms with Crippen LogP contribution < -0.4 is 0 Å². The van der Waals surface area contributed by atoms with Crippen LogP contribution in [0.5, 0.6) is 5.75 Å². The second-order valence-electron chi connectivity index (χ2n) is 3.80. The number of aryl methyl sites for hydroxylation is 1. The number of aromatic hydroxyl groups is 1. The Balaban J connectivity index is 2.69. The molecule has 0 unspecified atom stereocenters. The van der Waals surface area contributed by atoms with Gasteiger partial charge in [-0.25, -0.2) is 4.79 Å². The zero-order valence-electron chi connectivity index (χ0n) is 8.50. The van der Waals surface area contributed by atoms with Crippen molar-refractivity contribution in [3.8, 4) is 5.75 Å². The molecule has 0 saturated heterocycles. The molecule has 4 heteroatoms. The number of ether oxygens (including phenoxy) is 1. The summed E-state index contributed by atoms with van der Waals surface area (Å²) in [6, 6.07) is 1.82. The van der Waals surface area contributed by atoms with Crippen LogP contribution in [0, 0.1) is 6.92 Å². The first-order valence-electron chi connectivity index (χ1n) is 4.72. The van der Waals surface area contributed by atoms with Crippen molar-refractivity contribution in [2.45, 2.75) is 26.4 Å². The first kappa shape index (κ1) is 10.5. The molecule has 1 aromatic carbocycles. The summed E-state index contributed by atoms with van der Waals surface area (Å²) in [7, 11) is 0. The maximum atomic E-state index is 11.6. The Hall–Kier alpha value is -1.03. The summed E-state index contributed by atoms with van der Waals surface area (Å²) in [6.45, 7) is 3.77. The van der Waals surface area contributed by atoms with Crippen LogP contribution in [0.25, 0.3) is 0 Å². The van der Waals surface area contributed by atoms with Crippen LogP contribution in [-0.2, 0) is 11.2 Å². The highest BCUT2D eigenvalue weighted by atomic mass is 79.9. The maximum absolute atomic E-state index is 11.6. The molecule has 1 aromatic rings. The molecule has 0 spiro atoms. The van der Waals surface area contributed by atoms with E-state index in [4.69, 9.17) is 4.74 Å². The SMILES string of the molecule is Cc1cc(Br)c(O)c2c1C[C@@H](C)OC2=O. The van der Waals surface area contributed by atoms with Gasteiger partial charge >= 0.3 is 5.97 Å². The Morgan fingerprint density at radius 2 is 2.27 bits per heavy atom. The topological polar surface area (TPSA) is 46.5 Å². The molecule has 0 bridgehead atoms. The number of rotatable bonds is 0. The van der Waals surface area contributed by atoms with Crippen LogP contribution in [0.2, 0.25) is 0 Å². The lowest BCUT2D eigenvalue weighted by Gasteiger charge is -2.24. The number of hydrogen-bond acceptors (Lipinski definition) is 3. The first-order valence-corrected chi connectivity index (χ1v) is 5.52. The zero-order chi connectivity index (χ0) is 11.2. The lowest BCUT2D eigenvalue weighted by molar-refractivity contribution is 0.0296. The van der Waals surface area contributed by atoms with E-state index in [-0.39, 0.29) is 11.9 Å². The van der Waals surface area contributed by atoms with Gasteiger partial charge in [-0.2, -0.15) is 0 Å². The molecule has 2 rings (SSSR count). The van der Waals surface area contributed by atoms with Gasteiger partial charge in [-0.3, -0.25) is 0 Å². The Bertz CT molecular complexity index is 440. The van der Waals surface area contributed by atoms with Crippen LogP contribution >= 0.6 is 15.9 Å². The number of esters is 1. The molecule has 15 heavy (non-hydrogen) atoms. The molecule has 1 aliphatic heterocycles. The fourth-order valence-electron chi connectivity index (χ4n) is 1.86. The average Bonchev–Trinajstić information content (AvgIpc) is 2.13. The molecule has 1 heterocycles. The number of fused-ring (bicyclic) bond motifs is 1. The number of halogens is 1. The minimum absolute atomic E-state index is 0.0208. The van der Waals surface area contributed by atoms with Crippen molar-refractivity contribution in [2.75, 3.05) is 0 Å². The van der Waals surface area contributed by atoms with Crippen molar-refractivity contribution < 1.29 is 14.6 Å². The van der Waals surface area contributed by atoms with Gasteiger partial charge < -0.3 is 9.84 Å². The lowest BCUT2D eigenvalue weighted by Crippen LogP contribution is -2.26. The van der Waals surface area contributed by atoms with Crippen molar-refractivity contribution in [3.05, 3.63) is 27.2 Å². The number of benzene rings is 1. The molecule has 0 aromatic heterocycles. The summed E-state index contributed by atoms with van der Waals surface area (Å²) in [5, 5.41) is 9.78. The summed E-state index contributed by atoms with van der Waals surface area (Å²) in [4.78, 5) is 11.6. The van der Waals surface area contributed by atoms with Gasteiger partial charge in [0.2, 0.25) is 0 Å². The molecule has 0 saturated carbocycles. The van der Waals surface area contributed by atoms with E-state index in [2.05, 4.69) is 15.9 Å². The number of cyclic esters (lactones) is 1. The minimum Gasteiger partial charge on any atom is -0.506 e. The predicted octanol–water partition coefficient (Wildman–Crippen LogP) is 2.56. The molecule has 0 amide bonds. The van der Waals surface area contributed by atoms with Crippen LogP contribution in [0.4, 0.5) is 0 Å². The third kappa shape index (κ3) is 1.63. The van der Waals surface area contributed by atoms with Gasteiger partial charge in [0.15, 0.2) is 0 Å². The zero-order valence-corrected chi connectivity index (χ0v) is 10.1. The largest absolute Gasteiger partial charge is 0.506 e. The van der Waals surface area contributed by atoms with E-state index < -0.39 is 5.97 Å². The molecule has 0 radical (unpaired) electrons. The Morgan fingerprint density at radius 1 is 1.60 bits per heavy atom. The maximum Gasteiger partial charge on any atom is 0.342 e. The van der Waals surface area contributed by atoms with Crippen LogP contribution in [-0.4, -0.2) is 17.2 Å². The van der Waals surface area contributed by atoms with Crippen molar-refractivity contribution in [1.82, 2.24) is 0 Å². The van der Waals surface area contributed by atoms with Crippen molar-refractivity contribution in [1.29, 1.82) is 0 Å². The van der Waals surface area contributed by atoms with E-state index in [0.29, 0.717) is 16.5 Å². The second kappa shape index (κ2) is 3.52. The first-order chi connectivity index (χ1) is 7.00. The molecular weight excluding hydrogens is 260 g/mol. The normalized spacial score (nSPS) is 19.7. The second-order valence-corrected chi connectivity index (χ2v) is 4.65. The minimum atomic E-state index is -0.439.